The molecule has 2 heterocycles. The molecule has 1 unspecified atom stereocenters. The van der Waals surface area contributed by atoms with Crippen molar-refractivity contribution < 1.29 is 9.21 Å². The summed E-state index contributed by atoms with van der Waals surface area (Å²) >= 11 is 1.35. The Bertz CT molecular complexity index is 854. The second-order valence-electron chi connectivity index (χ2n) is 6.19. The summed E-state index contributed by atoms with van der Waals surface area (Å²) in [6.07, 6.45) is 3.87. The summed E-state index contributed by atoms with van der Waals surface area (Å²) in [6.45, 7) is 0.459. The molecule has 1 atom stereocenters. The molecule has 5 nitrogen and oxygen atoms in total. The van der Waals surface area contributed by atoms with Gasteiger partial charge < -0.3 is 15.5 Å². The van der Waals surface area contributed by atoms with E-state index in [0.717, 1.165) is 18.4 Å². The topological polar surface area (TPSA) is 81.1 Å². The van der Waals surface area contributed by atoms with Crippen LogP contribution in [0.4, 0.5) is 0 Å². The van der Waals surface area contributed by atoms with Crippen molar-refractivity contribution >= 4 is 17.2 Å². The fraction of sp³-hybridized carbons (Fsp3) is 0.263. The van der Waals surface area contributed by atoms with E-state index < -0.39 is 0 Å². The van der Waals surface area contributed by atoms with Crippen LogP contribution in [0.5, 0.6) is 0 Å². The quantitative estimate of drug-likeness (QED) is 0.710. The number of aromatic nitrogens is 1. The Labute approximate surface area is 149 Å². The largest absolute Gasteiger partial charge is 0.462 e. The first-order chi connectivity index (χ1) is 12.3. The summed E-state index contributed by atoms with van der Waals surface area (Å²) in [7, 11) is 0. The third kappa shape index (κ3) is 3.36. The minimum atomic E-state index is -0.114. The van der Waals surface area contributed by atoms with Gasteiger partial charge in [-0.2, -0.15) is 0 Å². The number of carbonyl (C=O) groups excluding carboxylic acids is 1. The van der Waals surface area contributed by atoms with Crippen molar-refractivity contribution in [3.05, 3.63) is 53.6 Å². The maximum Gasteiger partial charge on any atom is 0.263 e. The lowest BCUT2D eigenvalue weighted by Crippen LogP contribution is -2.41. The van der Waals surface area contributed by atoms with Gasteiger partial charge in [0.2, 0.25) is 0 Å². The van der Waals surface area contributed by atoms with Gasteiger partial charge in [-0.25, -0.2) is 4.98 Å². The second kappa shape index (κ2) is 6.82. The Morgan fingerprint density at radius 3 is 2.72 bits per heavy atom. The van der Waals surface area contributed by atoms with Gasteiger partial charge in [-0.05, 0) is 30.9 Å². The van der Waals surface area contributed by atoms with Crippen LogP contribution in [0.15, 0.2) is 53.1 Å². The fourth-order valence-electron chi connectivity index (χ4n) is 2.87. The Kier molecular flexibility index (Phi) is 4.38. The van der Waals surface area contributed by atoms with Gasteiger partial charge in [-0.15, -0.1) is 11.3 Å². The number of thiazole rings is 1. The molecule has 0 aliphatic heterocycles. The fourth-order valence-corrected chi connectivity index (χ4v) is 3.83. The monoisotopic (exact) mass is 353 g/mol. The first-order valence-corrected chi connectivity index (χ1v) is 9.19. The molecule has 4 rings (SSSR count). The average Bonchev–Trinajstić information content (AvgIpc) is 3.16. The van der Waals surface area contributed by atoms with Crippen molar-refractivity contribution in [3.63, 3.8) is 0 Å². The molecule has 0 bridgehead atoms. The Morgan fingerprint density at radius 2 is 2.08 bits per heavy atom. The lowest BCUT2D eigenvalue weighted by atomic mass is 10.1. The molecule has 1 amide bonds. The number of benzene rings is 1. The molecule has 1 aliphatic carbocycles. The van der Waals surface area contributed by atoms with E-state index >= 15 is 0 Å². The Morgan fingerprint density at radius 1 is 1.28 bits per heavy atom. The van der Waals surface area contributed by atoms with Gasteiger partial charge in [0.25, 0.3) is 5.91 Å². The average molecular weight is 353 g/mol. The smallest absolute Gasteiger partial charge is 0.263 e. The molecule has 3 N–H and O–H groups in total. The van der Waals surface area contributed by atoms with E-state index in [-0.39, 0.29) is 11.9 Å². The molecule has 0 spiro atoms. The van der Waals surface area contributed by atoms with E-state index in [1.807, 2.05) is 42.5 Å². The van der Waals surface area contributed by atoms with Crippen LogP contribution in [0.2, 0.25) is 0 Å². The molecule has 128 valence electrons. The minimum absolute atomic E-state index is 0.0327. The Hall–Kier alpha value is -2.44. The minimum Gasteiger partial charge on any atom is -0.462 e. The van der Waals surface area contributed by atoms with Crippen LogP contribution in [-0.4, -0.2) is 23.5 Å². The first-order valence-electron chi connectivity index (χ1n) is 8.37. The van der Waals surface area contributed by atoms with E-state index in [1.54, 1.807) is 6.26 Å². The van der Waals surface area contributed by atoms with Crippen molar-refractivity contribution in [2.24, 2.45) is 11.7 Å². The van der Waals surface area contributed by atoms with Crippen LogP contribution in [0.3, 0.4) is 0 Å². The van der Waals surface area contributed by atoms with Gasteiger partial charge in [0.1, 0.15) is 4.88 Å². The third-order valence-electron chi connectivity index (χ3n) is 4.37. The van der Waals surface area contributed by atoms with Gasteiger partial charge in [0.05, 0.1) is 12.0 Å². The predicted octanol–water partition coefficient (Wildman–Crippen LogP) is 3.54. The van der Waals surface area contributed by atoms with E-state index in [0.29, 0.717) is 33.8 Å². The lowest BCUT2D eigenvalue weighted by molar-refractivity contribution is 0.0938. The van der Waals surface area contributed by atoms with Crippen molar-refractivity contribution in [3.8, 4) is 22.0 Å². The van der Waals surface area contributed by atoms with E-state index in [1.165, 1.54) is 11.3 Å². The number of carbonyl (C=O) groups is 1. The van der Waals surface area contributed by atoms with Crippen LogP contribution in [0.1, 0.15) is 22.5 Å². The lowest BCUT2D eigenvalue weighted by Gasteiger charge is -2.15. The van der Waals surface area contributed by atoms with Crippen LogP contribution in [0.25, 0.3) is 22.0 Å². The zero-order valence-corrected chi connectivity index (χ0v) is 14.5. The second-order valence-corrected chi connectivity index (χ2v) is 7.19. The molecule has 0 radical (unpaired) electrons. The molecule has 1 aliphatic rings. The summed E-state index contributed by atoms with van der Waals surface area (Å²) in [5, 5.41) is 3.79. The Balaban J connectivity index is 1.70. The number of nitrogens with two attached hydrogens (primary N) is 1. The molecule has 3 aromatic rings. The van der Waals surface area contributed by atoms with Crippen molar-refractivity contribution in [1.82, 2.24) is 10.3 Å². The van der Waals surface area contributed by atoms with Crippen LogP contribution in [-0.2, 0) is 0 Å². The number of nitrogens with zero attached hydrogens (tertiary/aromatic N) is 1. The van der Waals surface area contributed by atoms with Crippen molar-refractivity contribution in [2.45, 2.75) is 18.9 Å². The SMILES string of the molecule is NCC(NC(=O)c1sc(-c2ccco2)nc1-c1ccccc1)C1CC1. The van der Waals surface area contributed by atoms with Gasteiger partial charge in [0.15, 0.2) is 10.8 Å². The highest BCUT2D eigenvalue weighted by atomic mass is 32.1. The zero-order chi connectivity index (χ0) is 17.2. The van der Waals surface area contributed by atoms with Crippen LogP contribution in [0, 0.1) is 5.92 Å². The maximum atomic E-state index is 12.9. The van der Waals surface area contributed by atoms with Gasteiger partial charge in [-0.1, -0.05) is 30.3 Å². The van der Waals surface area contributed by atoms with E-state index in [9.17, 15) is 4.79 Å². The number of amides is 1. The number of nitrogens with one attached hydrogen (secondary N) is 1. The maximum absolute atomic E-state index is 12.9. The normalized spacial score (nSPS) is 15.1. The van der Waals surface area contributed by atoms with Gasteiger partial charge in [0, 0.05) is 18.2 Å². The molecule has 1 fully saturated rings. The summed E-state index contributed by atoms with van der Waals surface area (Å²) < 4.78 is 5.45. The number of furan rings is 1. The summed E-state index contributed by atoms with van der Waals surface area (Å²) in [5.74, 6) is 1.06. The standard InChI is InChI=1S/C19H19N3O2S/c20-11-14(12-8-9-12)21-18(23)17-16(13-5-2-1-3-6-13)22-19(25-17)15-7-4-10-24-15/h1-7,10,12,14H,8-9,11,20H2,(H,21,23). The van der Waals surface area contributed by atoms with E-state index in [2.05, 4.69) is 10.3 Å². The van der Waals surface area contributed by atoms with Crippen molar-refractivity contribution in [2.75, 3.05) is 6.54 Å². The molecule has 25 heavy (non-hydrogen) atoms. The molecule has 1 aromatic carbocycles. The van der Waals surface area contributed by atoms with Crippen molar-refractivity contribution in [1.29, 1.82) is 0 Å². The van der Waals surface area contributed by atoms with Gasteiger partial charge in [-0.3, -0.25) is 4.79 Å². The van der Waals surface area contributed by atoms with Crippen LogP contribution < -0.4 is 11.1 Å². The molecule has 2 aromatic heterocycles. The van der Waals surface area contributed by atoms with E-state index in [4.69, 9.17) is 10.2 Å². The summed E-state index contributed by atoms with van der Waals surface area (Å²) in [5.41, 5.74) is 7.43. The molecule has 0 saturated heterocycles. The predicted molar refractivity (Wildman–Crippen MR) is 98.3 cm³/mol. The summed E-state index contributed by atoms with van der Waals surface area (Å²) in [6, 6.07) is 13.4. The highest BCUT2D eigenvalue weighted by Gasteiger charge is 2.32. The molecule has 1 saturated carbocycles. The number of rotatable bonds is 6. The molecular formula is C19H19N3O2S. The summed E-state index contributed by atoms with van der Waals surface area (Å²) in [4.78, 5) is 18.2. The molecule has 6 heteroatoms. The van der Waals surface area contributed by atoms with Gasteiger partial charge >= 0.3 is 0 Å². The first kappa shape index (κ1) is 16.1. The highest BCUT2D eigenvalue weighted by Crippen LogP contribution is 2.35. The number of hydrogen-bond acceptors (Lipinski definition) is 5. The number of hydrogen-bond donors (Lipinski definition) is 2. The van der Waals surface area contributed by atoms with Crippen LogP contribution >= 0.6 is 11.3 Å². The third-order valence-corrected chi connectivity index (χ3v) is 5.44. The zero-order valence-electron chi connectivity index (χ0n) is 13.6. The molecular weight excluding hydrogens is 334 g/mol. The highest BCUT2D eigenvalue weighted by molar-refractivity contribution is 7.17.